The average Bonchev–Trinajstić information content (AvgIpc) is 2.30. The molecular weight excluding hydrogens is 193 g/mol. The molecule has 0 amide bonds. The van der Waals surface area contributed by atoms with Crippen molar-refractivity contribution in [2.24, 2.45) is 0 Å². The summed E-state index contributed by atoms with van der Waals surface area (Å²) >= 11 is 0. The van der Waals surface area contributed by atoms with E-state index >= 15 is 0 Å². The van der Waals surface area contributed by atoms with Crippen molar-refractivity contribution >= 4 is 0 Å². The van der Waals surface area contributed by atoms with Gasteiger partial charge in [0.15, 0.2) is 0 Å². The van der Waals surface area contributed by atoms with Crippen LogP contribution >= 0.6 is 0 Å². The summed E-state index contributed by atoms with van der Waals surface area (Å²) in [6.07, 6.45) is 0.547. The van der Waals surface area contributed by atoms with Crippen LogP contribution in [0.3, 0.4) is 0 Å². The summed E-state index contributed by atoms with van der Waals surface area (Å²) in [5.74, 6) is 0. The highest BCUT2D eigenvalue weighted by molar-refractivity contribution is 5.13. The molecule has 0 bridgehead atoms. The molecule has 0 spiro atoms. The molecule has 1 fully saturated rings. The molecule has 1 aliphatic rings. The molecule has 82 valence electrons. The standard InChI is InChI=1S/C12H16FNO/c13-12-6-8-14(9-7-12)15-10-11-4-2-1-3-5-11/h1-5,12H,6-10H2. The Balaban J connectivity index is 1.74. The van der Waals surface area contributed by atoms with Crippen LogP contribution in [-0.4, -0.2) is 24.3 Å². The van der Waals surface area contributed by atoms with Gasteiger partial charge in [-0.3, -0.25) is 4.84 Å². The van der Waals surface area contributed by atoms with Crippen molar-refractivity contribution in [2.45, 2.75) is 25.6 Å². The molecule has 1 saturated heterocycles. The number of piperidine rings is 1. The number of halogens is 1. The number of hydrogen-bond donors (Lipinski definition) is 0. The van der Waals surface area contributed by atoms with Crippen LogP contribution in [0.25, 0.3) is 0 Å². The van der Waals surface area contributed by atoms with E-state index in [0.717, 1.165) is 5.56 Å². The monoisotopic (exact) mass is 209 g/mol. The predicted octanol–water partition coefficient (Wildman–Crippen LogP) is 2.55. The van der Waals surface area contributed by atoms with Gasteiger partial charge in [0.05, 0.1) is 6.61 Å². The van der Waals surface area contributed by atoms with Crippen LogP contribution in [0.5, 0.6) is 0 Å². The van der Waals surface area contributed by atoms with Crippen molar-refractivity contribution in [3.05, 3.63) is 35.9 Å². The second kappa shape index (κ2) is 5.24. The van der Waals surface area contributed by atoms with Crippen molar-refractivity contribution in [3.8, 4) is 0 Å². The van der Waals surface area contributed by atoms with E-state index in [0.29, 0.717) is 32.5 Å². The molecule has 1 aliphatic heterocycles. The highest BCUT2D eigenvalue weighted by Crippen LogP contribution is 2.14. The number of alkyl halides is 1. The zero-order valence-electron chi connectivity index (χ0n) is 8.73. The van der Waals surface area contributed by atoms with E-state index in [1.807, 2.05) is 35.4 Å². The minimum absolute atomic E-state index is 0.581. The van der Waals surface area contributed by atoms with Crippen molar-refractivity contribution < 1.29 is 9.23 Å². The van der Waals surface area contributed by atoms with Gasteiger partial charge in [-0.2, -0.15) is 5.06 Å². The summed E-state index contributed by atoms with van der Waals surface area (Å²) in [5.41, 5.74) is 1.15. The van der Waals surface area contributed by atoms with Gasteiger partial charge in [-0.25, -0.2) is 4.39 Å². The van der Waals surface area contributed by atoms with Crippen LogP contribution < -0.4 is 0 Å². The summed E-state index contributed by atoms with van der Waals surface area (Å²) < 4.78 is 12.8. The molecule has 0 aromatic heterocycles. The summed E-state index contributed by atoms with van der Waals surface area (Å²) in [7, 11) is 0. The molecule has 0 unspecified atom stereocenters. The quantitative estimate of drug-likeness (QED) is 0.758. The first kappa shape index (κ1) is 10.6. The number of nitrogens with zero attached hydrogens (tertiary/aromatic N) is 1. The summed E-state index contributed by atoms with van der Waals surface area (Å²) in [4.78, 5) is 5.58. The summed E-state index contributed by atoms with van der Waals surface area (Å²) in [6, 6.07) is 10.0. The van der Waals surface area contributed by atoms with Crippen LogP contribution in [-0.2, 0) is 11.4 Å². The Morgan fingerprint density at radius 1 is 1.20 bits per heavy atom. The molecule has 2 rings (SSSR count). The van der Waals surface area contributed by atoms with Gasteiger partial charge in [-0.15, -0.1) is 0 Å². The average molecular weight is 209 g/mol. The molecule has 0 atom stereocenters. The first-order chi connectivity index (χ1) is 7.34. The van der Waals surface area contributed by atoms with Crippen molar-refractivity contribution in [3.63, 3.8) is 0 Å². The third kappa shape index (κ3) is 3.29. The lowest BCUT2D eigenvalue weighted by Crippen LogP contribution is -2.34. The Bertz CT molecular complexity index is 283. The van der Waals surface area contributed by atoms with Crippen molar-refractivity contribution in [1.29, 1.82) is 0 Å². The second-order valence-corrected chi connectivity index (χ2v) is 3.86. The fourth-order valence-electron chi connectivity index (χ4n) is 1.69. The van der Waals surface area contributed by atoms with E-state index in [-0.39, 0.29) is 0 Å². The third-order valence-corrected chi connectivity index (χ3v) is 2.64. The molecule has 0 radical (unpaired) electrons. The van der Waals surface area contributed by atoms with Gasteiger partial charge < -0.3 is 0 Å². The maximum atomic E-state index is 12.8. The largest absolute Gasteiger partial charge is 0.294 e. The molecule has 0 saturated carbocycles. The van der Waals surface area contributed by atoms with Crippen molar-refractivity contribution in [1.82, 2.24) is 5.06 Å². The maximum Gasteiger partial charge on any atom is 0.103 e. The van der Waals surface area contributed by atoms with Gasteiger partial charge in [0.25, 0.3) is 0 Å². The normalized spacial score (nSPS) is 19.3. The molecule has 1 aromatic carbocycles. The molecular formula is C12H16FNO. The highest BCUT2D eigenvalue weighted by Gasteiger charge is 2.18. The minimum Gasteiger partial charge on any atom is -0.294 e. The van der Waals surface area contributed by atoms with Gasteiger partial charge in [-0.05, 0) is 18.4 Å². The number of hydrogen-bond acceptors (Lipinski definition) is 2. The van der Waals surface area contributed by atoms with E-state index < -0.39 is 6.17 Å². The Kier molecular flexibility index (Phi) is 3.69. The van der Waals surface area contributed by atoms with E-state index in [2.05, 4.69) is 0 Å². The van der Waals surface area contributed by atoms with Crippen LogP contribution in [0.2, 0.25) is 0 Å². The zero-order valence-corrected chi connectivity index (χ0v) is 8.73. The van der Waals surface area contributed by atoms with Crippen LogP contribution in [0.1, 0.15) is 18.4 Å². The lowest BCUT2D eigenvalue weighted by molar-refractivity contribution is -0.184. The lowest BCUT2D eigenvalue weighted by atomic mass is 10.1. The smallest absolute Gasteiger partial charge is 0.103 e. The summed E-state index contributed by atoms with van der Waals surface area (Å²) in [6.45, 7) is 1.99. The maximum absolute atomic E-state index is 12.8. The van der Waals surface area contributed by atoms with E-state index in [9.17, 15) is 4.39 Å². The highest BCUT2D eigenvalue weighted by atomic mass is 19.1. The van der Waals surface area contributed by atoms with E-state index in [1.165, 1.54) is 0 Å². The Morgan fingerprint density at radius 3 is 2.53 bits per heavy atom. The van der Waals surface area contributed by atoms with Crippen LogP contribution in [0.15, 0.2) is 30.3 Å². The number of benzene rings is 1. The number of hydroxylamine groups is 2. The van der Waals surface area contributed by atoms with E-state index in [4.69, 9.17) is 4.84 Å². The molecule has 15 heavy (non-hydrogen) atoms. The van der Waals surface area contributed by atoms with Gasteiger partial charge in [0.2, 0.25) is 0 Å². The zero-order chi connectivity index (χ0) is 10.5. The fraction of sp³-hybridized carbons (Fsp3) is 0.500. The van der Waals surface area contributed by atoms with Gasteiger partial charge >= 0.3 is 0 Å². The third-order valence-electron chi connectivity index (χ3n) is 2.64. The minimum atomic E-state index is -0.637. The predicted molar refractivity (Wildman–Crippen MR) is 56.9 cm³/mol. The van der Waals surface area contributed by atoms with Gasteiger partial charge in [0, 0.05) is 13.1 Å². The van der Waals surface area contributed by atoms with E-state index in [1.54, 1.807) is 0 Å². The van der Waals surface area contributed by atoms with Crippen molar-refractivity contribution in [2.75, 3.05) is 13.1 Å². The summed E-state index contributed by atoms with van der Waals surface area (Å²) in [5, 5.41) is 1.86. The fourth-order valence-corrected chi connectivity index (χ4v) is 1.69. The van der Waals surface area contributed by atoms with Crippen LogP contribution in [0.4, 0.5) is 4.39 Å². The van der Waals surface area contributed by atoms with Crippen LogP contribution in [0, 0.1) is 0 Å². The lowest BCUT2D eigenvalue weighted by Gasteiger charge is -2.27. The molecule has 3 heteroatoms. The molecule has 0 aliphatic carbocycles. The Hall–Kier alpha value is -0.930. The van der Waals surface area contributed by atoms with Gasteiger partial charge in [-0.1, -0.05) is 30.3 Å². The molecule has 1 heterocycles. The van der Waals surface area contributed by atoms with Gasteiger partial charge in [0.1, 0.15) is 6.17 Å². The second-order valence-electron chi connectivity index (χ2n) is 3.86. The Morgan fingerprint density at radius 2 is 1.87 bits per heavy atom. The SMILES string of the molecule is FC1CCN(OCc2ccccc2)CC1. The molecule has 1 aromatic rings. The Labute approximate surface area is 89.6 Å². The number of rotatable bonds is 3. The first-order valence-corrected chi connectivity index (χ1v) is 5.40. The first-order valence-electron chi connectivity index (χ1n) is 5.40. The molecule has 2 nitrogen and oxygen atoms in total. The topological polar surface area (TPSA) is 12.5 Å². The molecule has 0 N–H and O–H groups in total.